The molecule has 0 spiro atoms. The minimum Gasteiger partial charge on any atom is -0.484 e. The standard InChI is InChI=1S/C20H28F3N3O3/c1-3-24-19(26-10-8-16(9-11-26)18(27)28-4-2)25-13-15-6-5-7-17(12-15)29-14-20(21,22)23/h5-7,12,16H,3-4,8-11,13-14H2,1-2H3,(H,24,25). The Kier molecular flexibility index (Phi) is 8.60. The summed E-state index contributed by atoms with van der Waals surface area (Å²) in [6.45, 7) is 5.19. The van der Waals surface area contributed by atoms with E-state index in [-0.39, 0.29) is 17.6 Å². The number of carbonyl (C=O) groups is 1. The molecule has 0 bridgehead atoms. The van der Waals surface area contributed by atoms with E-state index in [0.29, 0.717) is 45.6 Å². The zero-order valence-electron chi connectivity index (χ0n) is 16.8. The molecule has 162 valence electrons. The first-order valence-corrected chi connectivity index (χ1v) is 9.80. The molecular weight excluding hydrogens is 387 g/mol. The molecule has 0 atom stereocenters. The van der Waals surface area contributed by atoms with Crippen LogP contribution in [0.25, 0.3) is 0 Å². The number of aliphatic imine (C=N–C) groups is 1. The lowest BCUT2D eigenvalue weighted by Crippen LogP contribution is -2.46. The van der Waals surface area contributed by atoms with Crippen molar-refractivity contribution >= 4 is 11.9 Å². The van der Waals surface area contributed by atoms with Gasteiger partial charge in [-0.1, -0.05) is 12.1 Å². The van der Waals surface area contributed by atoms with Gasteiger partial charge in [-0.3, -0.25) is 4.79 Å². The number of likely N-dealkylation sites (tertiary alicyclic amines) is 1. The van der Waals surface area contributed by atoms with Gasteiger partial charge in [-0.05, 0) is 44.4 Å². The van der Waals surface area contributed by atoms with Crippen molar-refractivity contribution in [2.24, 2.45) is 10.9 Å². The van der Waals surface area contributed by atoms with Gasteiger partial charge in [0.05, 0.1) is 19.1 Å². The molecule has 9 heteroatoms. The van der Waals surface area contributed by atoms with Gasteiger partial charge in [-0.2, -0.15) is 13.2 Å². The van der Waals surface area contributed by atoms with Crippen molar-refractivity contribution in [1.29, 1.82) is 0 Å². The Balaban J connectivity index is 1.96. The molecule has 1 aromatic rings. The number of rotatable bonds is 7. The molecule has 0 radical (unpaired) electrons. The summed E-state index contributed by atoms with van der Waals surface area (Å²) < 4.78 is 46.8. The second-order valence-corrected chi connectivity index (χ2v) is 6.73. The number of nitrogens with one attached hydrogen (secondary N) is 1. The zero-order valence-corrected chi connectivity index (χ0v) is 16.8. The van der Waals surface area contributed by atoms with Crippen molar-refractivity contribution in [2.45, 2.75) is 39.4 Å². The Labute approximate surface area is 169 Å². The predicted octanol–water partition coefficient (Wildman–Crippen LogP) is 3.37. The normalized spacial score (nSPS) is 15.9. The summed E-state index contributed by atoms with van der Waals surface area (Å²) >= 11 is 0. The second-order valence-electron chi connectivity index (χ2n) is 6.73. The van der Waals surface area contributed by atoms with Crippen LogP contribution in [-0.4, -0.2) is 55.9 Å². The third kappa shape index (κ3) is 7.83. The molecule has 6 nitrogen and oxygen atoms in total. The van der Waals surface area contributed by atoms with Crippen LogP contribution in [-0.2, 0) is 16.1 Å². The quantitative estimate of drug-likeness (QED) is 0.420. The maximum Gasteiger partial charge on any atom is 0.422 e. The number of benzene rings is 1. The van der Waals surface area contributed by atoms with Crippen LogP contribution in [0.2, 0.25) is 0 Å². The van der Waals surface area contributed by atoms with Crippen LogP contribution in [0.4, 0.5) is 13.2 Å². The SMILES string of the molecule is CCNC(=NCc1cccc(OCC(F)(F)F)c1)N1CCC(C(=O)OCC)CC1. The number of nitrogens with zero attached hydrogens (tertiary/aromatic N) is 2. The van der Waals surface area contributed by atoms with Gasteiger partial charge in [0.2, 0.25) is 0 Å². The van der Waals surface area contributed by atoms with Crippen LogP contribution in [0.5, 0.6) is 5.75 Å². The van der Waals surface area contributed by atoms with E-state index in [1.807, 2.05) is 6.92 Å². The molecule has 1 fully saturated rings. The summed E-state index contributed by atoms with van der Waals surface area (Å²) in [5.41, 5.74) is 0.751. The summed E-state index contributed by atoms with van der Waals surface area (Å²) in [7, 11) is 0. The average molecular weight is 415 g/mol. The molecule has 1 aliphatic heterocycles. The zero-order chi connectivity index (χ0) is 21.3. The summed E-state index contributed by atoms with van der Waals surface area (Å²) in [6.07, 6.45) is -2.98. The van der Waals surface area contributed by atoms with Gasteiger partial charge in [-0.15, -0.1) is 0 Å². The third-order valence-electron chi connectivity index (χ3n) is 4.46. The van der Waals surface area contributed by atoms with E-state index in [2.05, 4.69) is 15.2 Å². The van der Waals surface area contributed by atoms with E-state index in [1.165, 1.54) is 6.07 Å². The van der Waals surface area contributed by atoms with E-state index in [9.17, 15) is 18.0 Å². The topological polar surface area (TPSA) is 63.2 Å². The van der Waals surface area contributed by atoms with E-state index in [0.717, 1.165) is 11.5 Å². The molecule has 0 unspecified atom stereocenters. The molecule has 1 N–H and O–H groups in total. The highest BCUT2D eigenvalue weighted by Crippen LogP contribution is 2.21. The summed E-state index contributed by atoms with van der Waals surface area (Å²) in [5.74, 6) is 0.646. The highest BCUT2D eigenvalue weighted by molar-refractivity contribution is 5.80. The van der Waals surface area contributed by atoms with Crippen molar-refractivity contribution in [3.05, 3.63) is 29.8 Å². The second kappa shape index (κ2) is 10.9. The molecular formula is C20H28F3N3O3. The van der Waals surface area contributed by atoms with Crippen LogP contribution in [0, 0.1) is 5.92 Å². The number of esters is 1. The fourth-order valence-electron chi connectivity index (χ4n) is 3.08. The lowest BCUT2D eigenvalue weighted by atomic mass is 9.97. The Morgan fingerprint density at radius 3 is 2.62 bits per heavy atom. The van der Waals surface area contributed by atoms with Crippen LogP contribution in [0.3, 0.4) is 0 Å². The van der Waals surface area contributed by atoms with Crippen molar-refractivity contribution in [1.82, 2.24) is 10.2 Å². The minimum absolute atomic E-state index is 0.0865. The molecule has 1 aromatic carbocycles. The van der Waals surface area contributed by atoms with Gasteiger partial charge in [0, 0.05) is 19.6 Å². The van der Waals surface area contributed by atoms with Crippen molar-refractivity contribution in [3.63, 3.8) is 0 Å². The van der Waals surface area contributed by atoms with Gasteiger partial charge in [-0.25, -0.2) is 4.99 Å². The fraction of sp³-hybridized carbons (Fsp3) is 0.600. The van der Waals surface area contributed by atoms with Crippen LogP contribution in [0.15, 0.2) is 29.3 Å². The Morgan fingerprint density at radius 1 is 1.28 bits per heavy atom. The lowest BCUT2D eigenvalue weighted by molar-refractivity contribution is -0.153. The first-order chi connectivity index (χ1) is 13.8. The van der Waals surface area contributed by atoms with E-state index < -0.39 is 12.8 Å². The largest absolute Gasteiger partial charge is 0.484 e. The van der Waals surface area contributed by atoms with Crippen LogP contribution in [0.1, 0.15) is 32.3 Å². The Bertz CT molecular complexity index is 687. The number of hydrogen-bond donors (Lipinski definition) is 1. The first kappa shape index (κ1) is 22.8. The van der Waals surface area contributed by atoms with E-state index >= 15 is 0 Å². The minimum atomic E-state index is -4.37. The Hall–Kier alpha value is -2.45. The van der Waals surface area contributed by atoms with Crippen molar-refractivity contribution in [3.8, 4) is 5.75 Å². The van der Waals surface area contributed by atoms with Crippen LogP contribution < -0.4 is 10.1 Å². The maximum absolute atomic E-state index is 12.3. The maximum atomic E-state index is 12.3. The van der Waals surface area contributed by atoms with Crippen molar-refractivity contribution < 1.29 is 27.4 Å². The van der Waals surface area contributed by atoms with Gasteiger partial charge in [0.25, 0.3) is 0 Å². The number of guanidine groups is 1. The average Bonchev–Trinajstić information content (AvgIpc) is 2.70. The molecule has 0 aromatic heterocycles. The third-order valence-corrected chi connectivity index (χ3v) is 4.46. The fourth-order valence-corrected chi connectivity index (χ4v) is 3.08. The summed E-state index contributed by atoms with van der Waals surface area (Å²) in [5, 5.41) is 3.23. The van der Waals surface area contributed by atoms with Gasteiger partial charge in [0.1, 0.15) is 5.75 Å². The molecule has 0 amide bonds. The molecule has 0 saturated carbocycles. The molecule has 0 aliphatic carbocycles. The number of halogens is 3. The smallest absolute Gasteiger partial charge is 0.422 e. The summed E-state index contributed by atoms with van der Waals surface area (Å²) in [6, 6.07) is 6.49. The molecule has 29 heavy (non-hydrogen) atoms. The predicted molar refractivity (Wildman–Crippen MR) is 104 cm³/mol. The molecule has 1 saturated heterocycles. The molecule has 1 heterocycles. The highest BCUT2D eigenvalue weighted by atomic mass is 19.4. The summed E-state index contributed by atoms with van der Waals surface area (Å²) in [4.78, 5) is 18.6. The lowest BCUT2D eigenvalue weighted by Gasteiger charge is -2.33. The number of piperidine rings is 1. The number of ether oxygens (including phenoxy) is 2. The number of carbonyl (C=O) groups excluding carboxylic acids is 1. The van der Waals surface area contributed by atoms with Crippen LogP contribution >= 0.6 is 0 Å². The van der Waals surface area contributed by atoms with Crippen molar-refractivity contribution in [2.75, 3.05) is 32.8 Å². The highest BCUT2D eigenvalue weighted by Gasteiger charge is 2.29. The Morgan fingerprint density at radius 2 is 2.00 bits per heavy atom. The molecule has 2 rings (SSSR count). The van der Waals surface area contributed by atoms with Gasteiger partial charge in [0.15, 0.2) is 12.6 Å². The van der Waals surface area contributed by atoms with Gasteiger partial charge < -0.3 is 19.7 Å². The number of hydrogen-bond acceptors (Lipinski definition) is 4. The number of alkyl halides is 3. The van der Waals surface area contributed by atoms with Gasteiger partial charge >= 0.3 is 12.1 Å². The molecule has 1 aliphatic rings. The first-order valence-electron chi connectivity index (χ1n) is 9.80. The monoisotopic (exact) mass is 415 g/mol. The van der Waals surface area contributed by atoms with E-state index in [1.54, 1.807) is 25.1 Å². The van der Waals surface area contributed by atoms with E-state index in [4.69, 9.17) is 9.47 Å².